The zero-order valence-electron chi connectivity index (χ0n) is 38.7. The molecule has 10 rings (SSSR count). The summed E-state index contributed by atoms with van der Waals surface area (Å²) in [6.07, 6.45) is 11.4. The molecule has 2 aliphatic carbocycles. The minimum Gasteiger partial charge on any atom is -0.475 e. The number of nitrogens with one attached hydrogen (secondary N) is 2. The molecular formula is C50H59N7O9S2. The number of nitrogens with zero attached hydrogens (tertiary/aromatic N) is 5. The van der Waals surface area contributed by atoms with Crippen LogP contribution in [0.4, 0.5) is 11.4 Å². The Labute approximate surface area is 400 Å². The average Bonchev–Trinajstić information content (AvgIpc) is 3.79. The molecule has 0 unspecified atom stereocenters. The van der Waals surface area contributed by atoms with Crippen molar-refractivity contribution in [2.75, 3.05) is 44.4 Å². The van der Waals surface area contributed by atoms with Crippen LogP contribution in [0.25, 0.3) is 11.0 Å². The average molecular weight is 966 g/mol. The van der Waals surface area contributed by atoms with Crippen LogP contribution in [-0.2, 0) is 14.8 Å². The van der Waals surface area contributed by atoms with Crippen molar-refractivity contribution in [3.05, 3.63) is 99.9 Å². The molecule has 5 aliphatic rings. The van der Waals surface area contributed by atoms with Gasteiger partial charge in [-0.15, -0.1) is 11.8 Å². The van der Waals surface area contributed by atoms with Crippen LogP contribution in [0.5, 0.6) is 17.4 Å². The Hall–Kier alpha value is -5.27. The lowest BCUT2D eigenvalue weighted by Gasteiger charge is -2.57. The normalized spacial score (nSPS) is 24.3. The van der Waals surface area contributed by atoms with Crippen molar-refractivity contribution < 1.29 is 37.5 Å². The SMILES string of the molecule is CC(C)c1ccccc1[C@@H]1COCCN1C1CC2(CCN(c3ccc(C(=O)NS(=O)(=O)c4cc([N+](=O)[O-])c5c(n4)OC[C@H](CC4CCC(C)(O)CC4)S5)c(Oc4cnc5[nH]ccc5c4)c3)CC2)C1. The first kappa shape index (κ1) is 46.5. The highest BCUT2D eigenvalue weighted by Gasteiger charge is 2.50. The summed E-state index contributed by atoms with van der Waals surface area (Å²) < 4.78 is 48.3. The molecule has 1 amide bonds. The summed E-state index contributed by atoms with van der Waals surface area (Å²) in [5, 5.41) is 22.8. The fourth-order valence-corrected chi connectivity index (χ4v) is 13.4. The van der Waals surface area contributed by atoms with E-state index in [-0.39, 0.29) is 45.4 Å². The maximum atomic E-state index is 14.1. The summed E-state index contributed by atoms with van der Waals surface area (Å²) in [6.45, 7) is 10.5. The second-order valence-corrected chi connectivity index (χ2v) is 23.0. The largest absolute Gasteiger partial charge is 0.475 e. The van der Waals surface area contributed by atoms with Gasteiger partial charge in [0.05, 0.1) is 47.6 Å². The van der Waals surface area contributed by atoms with Crippen molar-refractivity contribution in [3.63, 3.8) is 0 Å². The summed E-state index contributed by atoms with van der Waals surface area (Å²) in [6, 6.07) is 19.1. The number of amides is 1. The molecule has 1 spiro atoms. The second-order valence-electron chi connectivity index (χ2n) is 20.1. The number of ether oxygens (including phenoxy) is 3. The van der Waals surface area contributed by atoms with E-state index in [1.165, 1.54) is 29.1 Å². The minimum absolute atomic E-state index is 0.0627. The number of benzene rings is 2. The van der Waals surface area contributed by atoms with Crippen molar-refractivity contribution in [3.8, 4) is 17.4 Å². The van der Waals surface area contributed by atoms with Crippen LogP contribution in [-0.4, -0.2) is 101 Å². The van der Waals surface area contributed by atoms with Crippen molar-refractivity contribution in [2.24, 2.45) is 11.3 Å². The van der Waals surface area contributed by atoms with Crippen molar-refractivity contribution in [1.82, 2.24) is 24.6 Å². The lowest BCUT2D eigenvalue weighted by molar-refractivity contribution is -0.388. The number of rotatable bonds is 12. The molecular weight excluding hydrogens is 907 g/mol. The van der Waals surface area contributed by atoms with E-state index < -0.39 is 37.2 Å². The first-order valence-electron chi connectivity index (χ1n) is 23.8. The van der Waals surface area contributed by atoms with Gasteiger partial charge in [0.15, 0.2) is 5.03 Å². The number of hydrogen-bond donors (Lipinski definition) is 3. The first-order valence-corrected chi connectivity index (χ1v) is 26.2. The second kappa shape index (κ2) is 18.6. The summed E-state index contributed by atoms with van der Waals surface area (Å²) >= 11 is 1.26. The lowest BCUT2D eigenvalue weighted by Crippen LogP contribution is -2.58. The third-order valence-electron chi connectivity index (χ3n) is 15.0. The van der Waals surface area contributed by atoms with Crippen molar-refractivity contribution in [2.45, 2.75) is 117 Å². The number of H-pyrrole nitrogens is 1. The van der Waals surface area contributed by atoms with E-state index in [0.29, 0.717) is 48.7 Å². The highest BCUT2D eigenvalue weighted by atomic mass is 32.2. The van der Waals surface area contributed by atoms with Gasteiger partial charge in [0.25, 0.3) is 21.6 Å². The van der Waals surface area contributed by atoms with Crippen LogP contribution in [0.2, 0.25) is 0 Å². The number of aromatic amines is 1. The smallest absolute Gasteiger partial charge is 0.291 e. The molecule has 2 aromatic carbocycles. The highest BCUT2D eigenvalue weighted by molar-refractivity contribution is 8.00. The standard InChI is InChI=1S/C50H59N7O9S2/c1-31(2)38-6-4-5-7-39(38)42-30-64-21-20-56(42)35-26-50(27-35)15-18-55(19-16-50)34-8-9-40(43(24-34)66-36-23-33-12-17-51-46(33)52-28-36)47(58)54-68(62,63)44-25-41(57(60)61)45-48(53-44)65-29-37(67-45)22-32-10-13-49(3,59)14-11-32/h4-9,12,17,23-25,28,31-32,35,37,42,59H,10-11,13-16,18-22,26-27,29-30H2,1-3H3,(H,51,52)(H,54,58)/t32?,37-,42-,49?/m0/s1. The van der Waals surface area contributed by atoms with Gasteiger partial charge in [-0.1, -0.05) is 38.1 Å². The molecule has 18 heteroatoms. The molecule has 2 atom stereocenters. The van der Waals surface area contributed by atoms with Gasteiger partial charge < -0.3 is 29.2 Å². The third-order valence-corrected chi connectivity index (χ3v) is 17.5. The van der Waals surface area contributed by atoms with Crippen LogP contribution >= 0.6 is 11.8 Å². The molecule has 5 aromatic rings. The molecule has 3 N–H and O–H groups in total. The van der Waals surface area contributed by atoms with Gasteiger partial charge >= 0.3 is 0 Å². The molecule has 16 nitrogen and oxygen atoms in total. The third kappa shape index (κ3) is 9.54. The van der Waals surface area contributed by atoms with E-state index in [1.54, 1.807) is 30.5 Å². The lowest BCUT2D eigenvalue weighted by atomic mass is 9.59. The Morgan fingerprint density at radius 3 is 2.60 bits per heavy atom. The Morgan fingerprint density at radius 2 is 1.84 bits per heavy atom. The number of sulfonamides is 1. The topological polar surface area (TPSA) is 202 Å². The number of carbonyl (C=O) groups excluding carboxylic acids is 1. The molecule has 4 fully saturated rings. The molecule has 68 heavy (non-hydrogen) atoms. The molecule has 3 aromatic heterocycles. The first-order chi connectivity index (χ1) is 32.6. The summed E-state index contributed by atoms with van der Waals surface area (Å²) in [5.74, 6) is 0.0573. The zero-order valence-corrected chi connectivity index (χ0v) is 40.3. The van der Waals surface area contributed by atoms with Crippen LogP contribution in [0.1, 0.15) is 112 Å². The predicted molar refractivity (Wildman–Crippen MR) is 258 cm³/mol. The number of anilines is 1. The van der Waals surface area contributed by atoms with E-state index in [2.05, 4.69) is 67.6 Å². The van der Waals surface area contributed by atoms with Gasteiger partial charge in [-0.2, -0.15) is 13.4 Å². The van der Waals surface area contributed by atoms with Crippen molar-refractivity contribution >= 4 is 50.1 Å². The number of carbonyl (C=O) groups is 1. The summed E-state index contributed by atoms with van der Waals surface area (Å²) in [4.78, 5) is 42.7. The van der Waals surface area contributed by atoms with E-state index in [1.807, 2.05) is 13.0 Å². The molecule has 0 bridgehead atoms. The van der Waals surface area contributed by atoms with Gasteiger partial charge in [-0.3, -0.25) is 19.8 Å². The Kier molecular flexibility index (Phi) is 12.7. The quantitative estimate of drug-likeness (QED) is 0.0790. The number of pyridine rings is 2. The van der Waals surface area contributed by atoms with Crippen LogP contribution in [0.15, 0.2) is 83.0 Å². The maximum Gasteiger partial charge on any atom is 0.291 e. The van der Waals surface area contributed by atoms with Crippen LogP contribution < -0.4 is 19.1 Å². The summed E-state index contributed by atoms with van der Waals surface area (Å²) in [7, 11) is -4.75. The van der Waals surface area contributed by atoms with E-state index in [0.717, 1.165) is 88.3 Å². The number of hydrogen-bond acceptors (Lipinski definition) is 14. The van der Waals surface area contributed by atoms with E-state index in [4.69, 9.17) is 14.2 Å². The van der Waals surface area contributed by atoms with Gasteiger partial charge in [-0.25, -0.2) is 9.71 Å². The maximum absolute atomic E-state index is 14.1. The molecule has 3 aliphatic heterocycles. The number of morpholine rings is 1. The van der Waals surface area contributed by atoms with E-state index in [9.17, 15) is 28.4 Å². The predicted octanol–water partition coefficient (Wildman–Crippen LogP) is 8.91. The molecule has 360 valence electrons. The van der Waals surface area contributed by atoms with Crippen LogP contribution in [0.3, 0.4) is 0 Å². The number of aromatic nitrogens is 3. The fourth-order valence-electron chi connectivity index (χ4n) is 11.1. The van der Waals surface area contributed by atoms with Crippen molar-refractivity contribution in [1.29, 1.82) is 0 Å². The number of piperidine rings is 1. The van der Waals surface area contributed by atoms with E-state index >= 15 is 0 Å². The minimum atomic E-state index is -4.75. The molecule has 0 radical (unpaired) electrons. The number of nitro groups is 1. The number of fused-ring (bicyclic) bond motifs is 2. The molecule has 2 saturated carbocycles. The van der Waals surface area contributed by atoms with Gasteiger partial charge in [0.1, 0.15) is 28.6 Å². The fraction of sp³-hybridized carbons (Fsp3) is 0.500. The number of thioether (sulfide) groups is 1. The Morgan fingerprint density at radius 1 is 1.06 bits per heavy atom. The van der Waals surface area contributed by atoms with Gasteiger partial charge in [-0.05, 0) is 117 Å². The van der Waals surface area contributed by atoms with Gasteiger partial charge in [0.2, 0.25) is 5.88 Å². The Balaban J connectivity index is 0.847. The summed E-state index contributed by atoms with van der Waals surface area (Å²) in [5.41, 5.74) is 3.28. The highest BCUT2D eigenvalue weighted by Crippen LogP contribution is 2.53. The van der Waals surface area contributed by atoms with Gasteiger partial charge in [0, 0.05) is 54.3 Å². The Bertz CT molecular complexity index is 2810. The number of aliphatic hydroxyl groups is 1. The monoisotopic (exact) mass is 965 g/mol. The van der Waals surface area contributed by atoms with Crippen LogP contribution in [0, 0.1) is 21.4 Å². The zero-order chi connectivity index (χ0) is 47.4. The molecule has 2 saturated heterocycles. The molecule has 6 heterocycles.